The molecule has 0 N–H and O–H groups in total. The van der Waals surface area contributed by atoms with Crippen molar-refractivity contribution in [2.45, 2.75) is 38.7 Å². The third-order valence-electron chi connectivity index (χ3n) is 2.98. The fraction of sp³-hybridized carbons (Fsp3) is 1.00. The molecule has 0 aromatic carbocycles. The molecule has 6 heteroatoms. The van der Waals surface area contributed by atoms with Gasteiger partial charge in [0.2, 0.25) is 10.0 Å². The standard InChI is InChI=1S/C11H22BrNO3S/c1-2-3-10-17(14,15)13-7-4-11(5-8-13)16-9-6-12/h11H,2-10H2,1H3. The molecule has 0 aliphatic carbocycles. The zero-order chi connectivity index (χ0) is 12.7. The van der Waals surface area contributed by atoms with Crippen LogP contribution in [0.5, 0.6) is 0 Å². The molecule has 1 rings (SSSR count). The predicted molar refractivity (Wildman–Crippen MR) is 73.0 cm³/mol. The van der Waals surface area contributed by atoms with E-state index in [0.717, 1.165) is 31.0 Å². The molecule has 1 aliphatic heterocycles. The van der Waals surface area contributed by atoms with E-state index in [0.29, 0.717) is 19.7 Å². The Labute approximate surface area is 113 Å². The van der Waals surface area contributed by atoms with Crippen molar-refractivity contribution >= 4 is 26.0 Å². The lowest BCUT2D eigenvalue weighted by Gasteiger charge is -2.31. The molecule has 1 aliphatic rings. The Hall–Kier alpha value is 0.350. The Kier molecular flexibility index (Phi) is 6.99. The van der Waals surface area contributed by atoms with Crippen molar-refractivity contribution in [2.75, 3.05) is 30.8 Å². The number of nitrogens with zero attached hydrogens (tertiary/aromatic N) is 1. The van der Waals surface area contributed by atoms with Gasteiger partial charge in [0, 0.05) is 18.4 Å². The van der Waals surface area contributed by atoms with Crippen LogP contribution in [0.25, 0.3) is 0 Å². The molecule has 0 aromatic rings. The van der Waals surface area contributed by atoms with E-state index < -0.39 is 10.0 Å². The first kappa shape index (κ1) is 15.4. The number of unbranched alkanes of at least 4 members (excludes halogenated alkanes) is 1. The number of hydrogen-bond acceptors (Lipinski definition) is 3. The summed E-state index contributed by atoms with van der Waals surface area (Å²) in [7, 11) is -3.02. The Bertz CT molecular complexity index is 300. The summed E-state index contributed by atoms with van der Waals surface area (Å²) in [5.74, 6) is 0.288. The van der Waals surface area contributed by atoms with Gasteiger partial charge in [-0.05, 0) is 19.3 Å². The van der Waals surface area contributed by atoms with E-state index >= 15 is 0 Å². The quantitative estimate of drug-likeness (QED) is 0.672. The lowest BCUT2D eigenvalue weighted by molar-refractivity contribution is 0.0309. The summed E-state index contributed by atoms with van der Waals surface area (Å²) in [5, 5.41) is 0.835. The maximum atomic E-state index is 11.9. The third-order valence-corrected chi connectivity index (χ3v) is 5.26. The molecule has 0 saturated carbocycles. The normalized spacial score (nSPS) is 19.6. The van der Waals surface area contributed by atoms with Crippen molar-refractivity contribution in [2.24, 2.45) is 0 Å². The van der Waals surface area contributed by atoms with E-state index in [2.05, 4.69) is 15.9 Å². The topological polar surface area (TPSA) is 46.6 Å². The molecule has 1 fully saturated rings. The van der Waals surface area contributed by atoms with E-state index in [1.165, 1.54) is 0 Å². The second-order valence-electron chi connectivity index (χ2n) is 4.33. The van der Waals surface area contributed by atoms with Gasteiger partial charge in [0.05, 0.1) is 18.5 Å². The molecule has 102 valence electrons. The van der Waals surface area contributed by atoms with Gasteiger partial charge in [0.15, 0.2) is 0 Å². The molecule has 1 saturated heterocycles. The van der Waals surface area contributed by atoms with Gasteiger partial charge in [-0.25, -0.2) is 12.7 Å². The molecule has 17 heavy (non-hydrogen) atoms. The third kappa shape index (κ3) is 5.24. The predicted octanol–water partition coefficient (Wildman–Crippen LogP) is 1.99. The molecule has 0 bridgehead atoms. The summed E-state index contributed by atoms with van der Waals surface area (Å²) in [6, 6.07) is 0. The van der Waals surface area contributed by atoms with Crippen LogP contribution in [-0.4, -0.2) is 49.6 Å². The van der Waals surface area contributed by atoms with Gasteiger partial charge in [-0.1, -0.05) is 29.3 Å². The van der Waals surface area contributed by atoms with Crippen molar-refractivity contribution < 1.29 is 13.2 Å². The molecule has 0 aromatic heterocycles. The minimum Gasteiger partial charge on any atom is -0.377 e. The average molecular weight is 328 g/mol. The van der Waals surface area contributed by atoms with Crippen LogP contribution < -0.4 is 0 Å². The number of sulfonamides is 1. The van der Waals surface area contributed by atoms with E-state index in [4.69, 9.17) is 4.74 Å². The lowest BCUT2D eigenvalue weighted by atomic mass is 10.1. The van der Waals surface area contributed by atoms with Crippen LogP contribution in [0.1, 0.15) is 32.6 Å². The van der Waals surface area contributed by atoms with Crippen LogP contribution in [0.3, 0.4) is 0 Å². The minimum atomic E-state index is -3.02. The van der Waals surface area contributed by atoms with Crippen molar-refractivity contribution in [1.82, 2.24) is 4.31 Å². The number of hydrogen-bond donors (Lipinski definition) is 0. The maximum Gasteiger partial charge on any atom is 0.214 e. The molecule has 0 amide bonds. The molecule has 4 nitrogen and oxygen atoms in total. The van der Waals surface area contributed by atoms with Gasteiger partial charge in [0.1, 0.15) is 0 Å². The van der Waals surface area contributed by atoms with Crippen molar-refractivity contribution in [3.8, 4) is 0 Å². The summed E-state index contributed by atoms with van der Waals surface area (Å²) in [6.07, 6.45) is 3.54. The van der Waals surface area contributed by atoms with Crippen molar-refractivity contribution in [3.63, 3.8) is 0 Å². The monoisotopic (exact) mass is 327 g/mol. The molecule has 0 radical (unpaired) electrons. The highest BCUT2D eigenvalue weighted by molar-refractivity contribution is 9.09. The largest absolute Gasteiger partial charge is 0.377 e. The van der Waals surface area contributed by atoms with Gasteiger partial charge in [-0.2, -0.15) is 0 Å². The molecule has 1 heterocycles. The molecule has 0 spiro atoms. The number of alkyl halides is 1. The van der Waals surface area contributed by atoms with Gasteiger partial charge in [-0.3, -0.25) is 0 Å². The lowest BCUT2D eigenvalue weighted by Crippen LogP contribution is -2.42. The first-order chi connectivity index (χ1) is 8.10. The van der Waals surface area contributed by atoms with Gasteiger partial charge >= 0.3 is 0 Å². The van der Waals surface area contributed by atoms with Crippen LogP contribution >= 0.6 is 15.9 Å². The Morgan fingerprint density at radius 1 is 1.35 bits per heavy atom. The highest BCUT2D eigenvalue weighted by atomic mass is 79.9. The minimum absolute atomic E-state index is 0.227. The first-order valence-corrected chi connectivity index (χ1v) is 8.98. The second-order valence-corrected chi connectivity index (χ2v) is 7.21. The molecule has 0 atom stereocenters. The van der Waals surface area contributed by atoms with E-state index in [9.17, 15) is 8.42 Å². The first-order valence-electron chi connectivity index (χ1n) is 6.25. The molecular formula is C11H22BrNO3S. The van der Waals surface area contributed by atoms with Crippen LogP contribution in [0.4, 0.5) is 0 Å². The fourth-order valence-corrected chi connectivity index (χ4v) is 3.81. The smallest absolute Gasteiger partial charge is 0.214 e. The van der Waals surface area contributed by atoms with E-state index in [1.54, 1.807) is 4.31 Å². The second kappa shape index (κ2) is 7.71. The molecule has 0 unspecified atom stereocenters. The number of rotatable bonds is 7. The van der Waals surface area contributed by atoms with Gasteiger partial charge in [0.25, 0.3) is 0 Å². The number of halogens is 1. The summed E-state index contributed by atoms with van der Waals surface area (Å²) in [4.78, 5) is 0. The molecular weight excluding hydrogens is 306 g/mol. The van der Waals surface area contributed by atoms with Gasteiger partial charge < -0.3 is 4.74 Å². The maximum absolute atomic E-state index is 11.9. The van der Waals surface area contributed by atoms with Crippen LogP contribution in [0.15, 0.2) is 0 Å². The summed E-state index contributed by atoms with van der Waals surface area (Å²) in [6.45, 7) is 3.93. The zero-order valence-corrected chi connectivity index (χ0v) is 12.8. The summed E-state index contributed by atoms with van der Waals surface area (Å²) in [5.41, 5.74) is 0. The zero-order valence-electron chi connectivity index (χ0n) is 10.4. The number of ether oxygens (including phenoxy) is 1. The van der Waals surface area contributed by atoms with Crippen molar-refractivity contribution in [1.29, 1.82) is 0 Å². The van der Waals surface area contributed by atoms with Crippen LogP contribution in [-0.2, 0) is 14.8 Å². The Morgan fingerprint density at radius 2 is 2.00 bits per heavy atom. The highest BCUT2D eigenvalue weighted by Gasteiger charge is 2.27. The van der Waals surface area contributed by atoms with E-state index in [-0.39, 0.29) is 11.9 Å². The van der Waals surface area contributed by atoms with Crippen molar-refractivity contribution in [3.05, 3.63) is 0 Å². The average Bonchev–Trinajstić information content (AvgIpc) is 2.34. The van der Waals surface area contributed by atoms with Crippen LogP contribution in [0, 0.1) is 0 Å². The number of piperidine rings is 1. The van der Waals surface area contributed by atoms with E-state index in [1.807, 2.05) is 6.92 Å². The summed E-state index contributed by atoms with van der Waals surface area (Å²) < 4.78 is 31.1. The highest BCUT2D eigenvalue weighted by Crippen LogP contribution is 2.17. The van der Waals surface area contributed by atoms with Crippen LogP contribution in [0.2, 0.25) is 0 Å². The Balaban J connectivity index is 2.35. The SMILES string of the molecule is CCCCS(=O)(=O)N1CCC(OCCBr)CC1. The summed E-state index contributed by atoms with van der Waals surface area (Å²) >= 11 is 3.32. The Morgan fingerprint density at radius 3 is 2.53 bits per heavy atom. The van der Waals surface area contributed by atoms with Gasteiger partial charge in [-0.15, -0.1) is 0 Å². The fourth-order valence-electron chi connectivity index (χ4n) is 1.94.